The number of nitrogens with two attached hydrogens (primary N) is 1. The quantitative estimate of drug-likeness (QED) is 0.710. The van der Waals surface area contributed by atoms with Crippen LogP contribution in [0.3, 0.4) is 0 Å². The lowest BCUT2D eigenvalue weighted by Gasteiger charge is -2.36. The van der Waals surface area contributed by atoms with Gasteiger partial charge in [-0.1, -0.05) is 0 Å². The van der Waals surface area contributed by atoms with Crippen LogP contribution in [0.4, 0.5) is 0 Å². The molecule has 2 N–H and O–H groups in total. The Hall–Kier alpha value is -0.170. The third-order valence-corrected chi connectivity index (χ3v) is 3.84. The lowest BCUT2D eigenvalue weighted by atomic mass is 9.91. The lowest BCUT2D eigenvalue weighted by Crippen LogP contribution is -2.53. The summed E-state index contributed by atoms with van der Waals surface area (Å²) in [4.78, 5) is 1.99. The average Bonchev–Trinajstić information content (AvgIpc) is 2.14. The SMILES string of the molecule is CN(CCS(C)(=O)=O)CC1(N)CCOCC1. The molecule has 1 aliphatic heterocycles. The van der Waals surface area contributed by atoms with Crippen LogP contribution >= 0.6 is 0 Å². The Morgan fingerprint density at radius 2 is 1.94 bits per heavy atom. The van der Waals surface area contributed by atoms with E-state index in [0.29, 0.717) is 19.8 Å². The van der Waals surface area contributed by atoms with E-state index >= 15 is 0 Å². The normalized spacial score (nSPS) is 21.2. The smallest absolute Gasteiger partial charge is 0.148 e. The van der Waals surface area contributed by atoms with E-state index in [9.17, 15) is 8.42 Å². The molecule has 16 heavy (non-hydrogen) atoms. The van der Waals surface area contributed by atoms with Crippen molar-refractivity contribution in [2.75, 3.05) is 45.4 Å². The fourth-order valence-electron chi connectivity index (χ4n) is 1.87. The zero-order chi connectivity index (χ0) is 12.2. The van der Waals surface area contributed by atoms with Crippen LogP contribution in [0.5, 0.6) is 0 Å². The molecule has 0 aromatic carbocycles. The highest BCUT2D eigenvalue weighted by Gasteiger charge is 2.29. The van der Waals surface area contributed by atoms with Crippen LogP contribution in [0.2, 0.25) is 0 Å². The molecule has 6 heteroatoms. The maximum absolute atomic E-state index is 11.0. The summed E-state index contributed by atoms with van der Waals surface area (Å²) in [5, 5.41) is 0. The van der Waals surface area contributed by atoms with E-state index in [4.69, 9.17) is 10.5 Å². The molecule has 1 fully saturated rings. The number of ether oxygens (including phenoxy) is 1. The van der Waals surface area contributed by atoms with Gasteiger partial charge in [0.15, 0.2) is 0 Å². The number of hydrogen-bond donors (Lipinski definition) is 1. The third kappa shape index (κ3) is 5.25. The molecule has 0 aliphatic carbocycles. The largest absolute Gasteiger partial charge is 0.381 e. The Kier molecular flexibility index (Phi) is 4.73. The van der Waals surface area contributed by atoms with Gasteiger partial charge in [-0.3, -0.25) is 0 Å². The molecule has 5 nitrogen and oxygen atoms in total. The molecule has 0 spiro atoms. The van der Waals surface area contributed by atoms with E-state index in [1.165, 1.54) is 6.26 Å². The maximum atomic E-state index is 11.0. The summed E-state index contributed by atoms with van der Waals surface area (Å²) in [6, 6.07) is 0. The van der Waals surface area contributed by atoms with E-state index in [-0.39, 0.29) is 11.3 Å². The molecule has 0 saturated carbocycles. The van der Waals surface area contributed by atoms with Gasteiger partial charge in [0.25, 0.3) is 0 Å². The standard InChI is InChI=1S/C10H22N2O3S/c1-12(5-8-16(2,13)14)9-10(11)3-6-15-7-4-10/h3-9,11H2,1-2H3. The van der Waals surface area contributed by atoms with Crippen molar-refractivity contribution < 1.29 is 13.2 Å². The first kappa shape index (κ1) is 13.9. The van der Waals surface area contributed by atoms with Gasteiger partial charge in [0, 0.05) is 38.1 Å². The number of rotatable bonds is 5. The zero-order valence-electron chi connectivity index (χ0n) is 10.1. The van der Waals surface area contributed by atoms with Gasteiger partial charge in [0.1, 0.15) is 9.84 Å². The Morgan fingerprint density at radius 3 is 2.44 bits per heavy atom. The molecule has 0 radical (unpaired) electrons. The molecular formula is C10H22N2O3S. The van der Waals surface area contributed by atoms with Crippen molar-refractivity contribution in [3.8, 4) is 0 Å². The van der Waals surface area contributed by atoms with Gasteiger partial charge in [0.05, 0.1) is 5.75 Å². The van der Waals surface area contributed by atoms with Gasteiger partial charge in [-0.15, -0.1) is 0 Å². The van der Waals surface area contributed by atoms with Crippen LogP contribution < -0.4 is 5.73 Å². The van der Waals surface area contributed by atoms with Gasteiger partial charge in [-0.05, 0) is 19.9 Å². The highest BCUT2D eigenvalue weighted by molar-refractivity contribution is 7.90. The van der Waals surface area contributed by atoms with Gasteiger partial charge in [-0.25, -0.2) is 8.42 Å². The van der Waals surface area contributed by atoms with Gasteiger partial charge >= 0.3 is 0 Å². The fraction of sp³-hybridized carbons (Fsp3) is 1.00. The summed E-state index contributed by atoms with van der Waals surface area (Å²) in [5.74, 6) is 0.191. The molecule has 1 saturated heterocycles. The van der Waals surface area contributed by atoms with Crippen molar-refractivity contribution in [1.29, 1.82) is 0 Å². The van der Waals surface area contributed by atoms with Crippen molar-refractivity contribution >= 4 is 9.84 Å². The van der Waals surface area contributed by atoms with Crippen LogP contribution in [0.1, 0.15) is 12.8 Å². The molecule has 0 aromatic heterocycles. The molecule has 0 bridgehead atoms. The topological polar surface area (TPSA) is 72.6 Å². The molecular weight excluding hydrogens is 228 g/mol. The Labute approximate surface area is 97.9 Å². The van der Waals surface area contributed by atoms with Gasteiger partial charge in [-0.2, -0.15) is 0 Å². The van der Waals surface area contributed by atoms with Gasteiger partial charge in [0.2, 0.25) is 0 Å². The Morgan fingerprint density at radius 1 is 1.38 bits per heavy atom. The molecule has 96 valence electrons. The third-order valence-electron chi connectivity index (χ3n) is 2.92. The van der Waals surface area contributed by atoms with Crippen LogP contribution in [0.25, 0.3) is 0 Å². The highest BCUT2D eigenvalue weighted by atomic mass is 32.2. The van der Waals surface area contributed by atoms with Crippen LogP contribution in [-0.2, 0) is 14.6 Å². The van der Waals surface area contributed by atoms with Crippen molar-refractivity contribution in [2.24, 2.45) is 5.73 Å². The minimum absolute atomic E-state index is 0.191. The molecule has 0 atom stereocenters. The van der Waals surface area contributed by atoms with E-state index < -0.39 is 9.84 Å². The van der Waals surface area contributed by atoms with E-state index in [2.05, 4.69) is 0 Å². The number of hydrogen-bond acceptors (Lipinski definition) is 5. The summed E-state index contributed by atoms with van der Waals surface area (Å²) in [6.45, 7) is 2.68. The van der Waals surface area contributed by atoms with Crippen LogP contribution in [0, 0.1) is 0 Å². The summed E-state index contributed by atoms with van der Waals surface area (Å²) in [5.41, 5.74) is 6.01. The molecule has 0 aromatic rings. The van der Waals surface area contributed by atoms with Crippen LogP contribution in [0.15, 0.2) is 0 Å². The highest BCUT2D eigenvalue weighted by Crippen LogP contribution is 2.18. The summed E-state index contributed by atoms with van der Waals surface area (Å²) in [6.07, 6.45) is 2.94. The van der Waals surface area contributed by atoms with Crippen LogP contribution in [-0.4, -0.2) is 64.2 Å². The van der Waals surface area contributed by atoms with E-state index in [1.54, 1.807) is 0 Å². The molecule has 0 unspecified atom stereocenters. The second-order valence-corrected chi connectivity index (χ2v) is 7.10. The minimum Gasteiger partial charge on any atom is -0.381 e. The number of nitrogens with zero attached hydrogens (tertiary/aromatic N) is 1. The Balaban J connectivity index is 2.35. The second kappa shape index (κ2) is 5.44. The number of likely N-dealkylation sites (N-methyl/N-ethyl adjacent to an activating group) is 1. The molecule has 1 aliphatic rings. The predicted molar refractivity (Wildman–Crippen MR) is 64.2 cm³/mol. The second-order valence-electron chi connectivity index (χ2n) is 4.84. The first-order valence-electron chi connectivity index (χ1n) is 5.54. The van der Waals surface area contributed by atoms with Gasteiger partial charge < -0.3 is 15.4 Å². The average molecular weight is 250 g/mol. The first-order chi connectivity index (χ1) is 7.31. The Bertz CT molecular complexity index is 310. The maximum Gasteiger partial charge on any atom is 0.148 e. The van der Waals surface area contributed by atoms with Crippen molar-refractivity contribution in [1.82, 2.24) is 4.90 Å². The summed E-state index contributed by atoms with van der Waals surface area (Å²) < 4.78 is 27.3. The minimum atomic E-state index is -2.89. The molecule has 0 amide bonds. The van der Waals surface area contributed by atoms with E-state index in [1.807, 2.05) is 11.9 Å². The van der Waals surface area contributed by atoms with Crippen molar-refractivity contribution in [2.45, 2.75) is 18.4 Å². The first-order valence-corrected chi connectivity index (χ1v) is 7.60. The lowest BCUT2D eigenvalue weighted by molar-refractivity contribution is 0.0418. The number of sulfone groups is 1. The van der Waals surface area contributed by atoms with Crippen molar-refractivity contribution in [3.63, 3.8) is 0 Å². The summed E-state index contributed by atoms with van der Waals surface area (Å²) >= 11 is 0. The zero-order valence-corrected chi connectivity index (χ0v) is 10.9. The van der Waals surface area contributed by atoms with Crippen molar-refractivity contribution in [3.05, 3.63) is 0 Å². The van der Waals surface area contributed by atoms with E-state index in [0.717, 1.165) is 19.4 Å². The fourth-order valence-corrected chi connectivity index (χ4v) is 2.52. The predicted octanol–water partition coefficient (Wildman–Crippen LogP) is -0.529. The monoisotopic (exact) mass is 250 g/mol. The molecule has 1 heterocycles. The molecule has 1 rings (SSSR count). The summed E-state index contributed by atoms with van der Waals surface area (Å²) in [7, 11) is -0.975.